The van der Waals surface area contributed by atoms with E-state index in [4.69, 9.17) is 0 Å². The van der Waals surface area contributed by atoms with Gasteiger partial charge in [-0.3, -0.25) is 24.7 Å². The molecule has 0 aliphatic carbocycles. The minimum Gasteiger partial charge on any atom is -0.507 e. The first kappa shape index (κ1) is 23.1. The Balaban J connectivity index is 1.43. The van der Waals surface area contributed by atoms with Gasteiger partial charge >= 0.3 is 0 Å². The van der Waals surface area contributed by atoms with Crippen molar-refractivity contribution in [2.24, 2.45) is 5.10 Å². The van der Waals surface area contributed by atoms with Gasteiger partial charge in [0.1, 0.15) is 5.75 Å². The summed E-state index contributed by atoms with van der Waals surface area (Å²) in [6.45, 7) is 7.51. The lowest BCUT2D eigenvalue weighted by molar-refractivity contribution is -0.384. The van der Waals surface area contributed by atoms with Gasteiger partial charge in [-0.05, 0) is 23.6 Å². The van der Waals surface area contributed by atoms with Gasteiger partial charge in [0.05, 0.1) is 17.7 Å². The van der Waals surface area contributed by atoms with Gasteiger partial charge in [-0.15, -0.1) is 6.58 Å². The molecule has 3 rings (SSSR count). The molecule has 0 radical (unpaired) electrons. The Morgan fingerprint density at radius 2 is 1.91 bits per heavy atom. The largest absolute Gasteiger partial charge is 0.507 e. The molecule has 1 fully saturated rings. The highest BCUT2D eigenvalue weighted by atomic mass is 16.6. The van der Waals surface area contributed by atoms with E-state index in [-0.39, 0.29) is 28.8 Å². The molecule has 0 unspecified atom stereocenters. The third-order valence-corrected chi connectivity index (χ3v) is 5.27. The summed E-state index contributed by atoms with van der Waals surface area (Å²) in [5.74, 6) is -0.0969. The zero-order chi connectivity index (χ0) is 22.9. The zero-order valence-corrected chi connectivity index (χ0v) is 17.8. The number of amides is 1. The van der Waals surface area contributed by atoms with E-state index in [1.807, 2.05) is 23.1 Å². The number of nitro groups is 1. The van der Waals surface area contributed by atoms with Crippen molar-refractivity contribution in [1.29, 1.82) is 0 Å². The summed E-state index contributed by atoms with van der Waals surface area (Å²) >= 11 is 0. The van der Waals surface area contributed by atoms with Crippen LogP contribution in [0.25, 0.3) is 0 Å². The third kappa shape index (κ3) is 6.47. The summed E-state index contributed by atoms with van der Waals surface area (Å²) < 4.78 is 0. The SMILES string of the molecule is C=CCc1cccc(/C=N/NC(=O)CN2CCN(Cc3cccc([N+](=O)[O-])c3)CC2)c1O. The van der Waals surface area contributed by atoms with Crippen LogP contribution in [0.3, 0.4) is 0 Å². The van der Waals surface area contributed by atoms with Gasteiger partial charge < -0.3 is 5.11 Å². The number of nitro benzene ring substituents is 1. The van der Waals surface area contributed by atoms with Crippen molar-refractivity contribution in [1.82, 2.24) is 15.2 Å². The van der Waals surface area contributed by atoms with E-state index >= 15 is 0 Å². The second kappa shape index (κ2) is 11.2. The van der Waals surface area contributed by atoms with Crippen LogP contribution in [0.5, 0.6) is 5.75 Å². The lowest BCUT2D eigenvalue weighted by Gasteiger charge is -2.34. The zero-order valence-electron chi connectivity index (χ0n) is 17.8. The van der Waals surface area contributed by atoms with E-state index in [9.17, 15) is 20.0 Å². The highest BCUT2D eigenvalue weighted by Gasteiger charge is 2.19. The number of hydrazone groups is 1. The number of nitrogens with zero attached hydrogens (tertiary/aromatic N) is 4. The number of para-hydroxylation sites is 1. The highest BCUT2D eigenvalue weighted by molar-refractivity contribution is 5.86. The van der Waals surface area contributed by atoms with Gasteiger partial charge in [-0.1, -0.05) is 30.3 Å². The molecule has 1 aliphatic rings. The number of nitrogens with one attached hydrogen (secondary N) is 1. The van der Waals surface area contributed by atoms with Crippen molar-refractivity contribution >= 4 is 17.8 Å². The van der Waals surface area contributed by atoms with E-state index in [1.54, 1.807) is 24.3 Å². The molecule has 0 saturated carbocycles. The second-order valence-electron chi connectivity index (χ2n) is 7.62. The fraction of sp³-hybridized carbons (Fsp3) is 0.304. The van der Waals surface area contributed by atoms with Crippen LogP contribution in [0.1, 0.15) is 16.7 Å². The molecule has 0 spiro atoms. The van der Waals surface area contributed by atoms with Crippen LogP contribution in [-0.2, 0) is 17.8 Å². The number of allylic oxidation sites excluding steroid dienone is 1. The van der Waals surface area contributed by atoms with Crippen LogP contribution in [0.4, 0.5) is 5.69 Å². The number of piperazine rings is 1. The molecule has 9 heteroatoms. The average Bonchev–Trinajstić information content (AvgIpc) is 2.78. The van der Waals surface area contributed by atoms with Crippen molar-refractivity contribution in [2.75, 3.05) is 32.7 Å². The van der Waals surface area contributed by atoms with Gasteiger partial charge in [-0.25, -0.2) is 5.43 Å². The van der Waals surface area contributed by atoms with E-state index < -0.39 is 0 Å². The molecule has 9 nitrogen and oxygen atoms in total. The maximum absolute atomic E-state index is 12.2. The Morgan fingerprint density at radius 3 is 2.62 bits per heavy atom. The van der Waals surface area contributed by atoms with E-state index in [2.05, 4.69) is 22.0 Å². The van der Waals surface area contributed by atoms with E-state index in [1.165, 1.54) is 12.3 Å². The van der Waals surface area contributed by atoms with Crippen molar-refractivity contribution in [2.45, 2.75) is 13.0 Å². The molecule has 2 aromatic carbocycles. The molecule has 2 N–H and O–H groups in total. The van der Waals surface area contributed by atoms with Crippen molar-refractivity contribution < 1.29 is 14.8 Å². The van der Waals surface area contributed by atoms with Crippen molar-refractivity contribution in [3.63, 3.8) is 0 Å². The fourth-order valence-corrected chi connectivity index (χ4v) is 3.58. The Morgan fingerprint density at radius 1 is 1.19 bits per heavy atom. The number of rotatable bonds is 9. The Labute approximate surface area is 186 Å². The van der Waals surface area contributed by atoms with Crippen LogP contribution in [-0.4, -0.2) is 64.7 Å². The highest BCUT2D eigenvalue weighted by Crippen LogP contribution is 2.21. The van der Waals surface area contributed by atoms with Crippen molar-refractivity contribution in [3.05, 3.63) is 81.9 Å². The first-order chi connectivity index (χ1) is 15.5. The lowest BCUT2D eigenvalue weighted by atomic mass is 10.1. The van der Waals surface area contributed by atoms with Gasteiger partial charge in [-0.2, -0.15) is 5.10 Å². The summed E-state index contributed by atoms with van der Waals surface area (Å²) in [6, 6.07) is 12.0. The predicted octanol–water partition coefficient (Wildman–Crippen LogP) is 2.30. The number of phenols is 1. The number of hydrogen-bond donors (Lipinski definition) is 2. The fourth-order valence-electron chi connectivity index (χ4n) is 3.58. The quantitative estimate of drug-likeness (QED) is 0.270. The summed E-state index contributed by atoms with van der Waals surface area (Å²) in [6.07, 6.45) is 3.69. The molecular weight excluding hydrogens is 410 g/mol. The summed E-state index contributed by atoms with van der Waals surface area (Å²) in [5.41, 5.74) is 4.78. The Hall–Kier alpha value is -3.56. The molecule has 32 heavy (non-hydrogen) atoms. The minimum atomic E-state index is -0.387. The minimum absolute atomic E-state index is 0.0964. The van der Waals surface area contributed by atoms with Gasteiger partial charge in [0.2, 0.25) is 0 Å². The molecular formula is C23H27N5O4. The van der Waals surface area contributed by atoms with Gasteiger partial charge in [0, 0.05) is 50.4 Å². The van der Waals surface area contributed by atoms with E-state index in [0.717, 1.165) is 37.3 Å². The molecule has 0 atom stereocenters. The average molecular weight is 438 g/mol. The smallest absolute Gasteiger partial charge is 0.269 e. The summed E-state index contributed by atoms with van der Waals surface area (Å²) in [4.78, 5) is 27.0. The number of benzene rings is 2. The van der Waals surface area contributed by atoms with Crippen LogP contribution in [0.2, 0.25) is 0 Å². The molecule has 1 saturated heterocycles. The van der Waals surface area contributed by atoms with E-state index in [0.29, 0.717) is 18.5 Å². The monoisotopic (exact) mass is 437 g/mol. The van der Waals surface area contributed by atoms with Crippen LogP contribution < -0.4 is 5.43 Å². The number of non-ortho nitro benzene ring substituents is 1. The lowest BCUT2D eigenvalue weighted by Crippen LogP contribution is -2.48. The van der Waals surface area contributed by atoms with Gasteiger partial charge in [0.25, 0.3) is 11.6 Å². The second-order valence-corrected chi connectivity index (χ2v) is 7.62. The molecule has 168 valence electrons. The number of aromatic hydroxyl groups is 1. The molecule has 0 aromatic heterocycles. The van der Waals surface area contributed by atoms with Crippen LogP contribution in [0.15, 0.2) is 60.2 Å². The molecule has 0 bridgehead atoms. The Kier molecular flexibility index (Phi) is 8.07. The first-order valence-corrected chi connectivity index (χ1v) is 10.4. The van der Waals surface area contributed by atoms with Crippen LogP contribution >= 0.6 is 0 Å². The number of hydrogen-bond acceptors (Lipinski definition) is 7. The summed E-state index contributed by atoms with van der Waals surface area (Å²) in [5, 5.41) is 25.1. The summed E-state index contributed by atoms with van der Waals surface area (Å²) in [7, 11) is 0. The van der Waals surface area contributed by atoms with Crippen molar-refractivity contribution in [3.8, 4) is 5.75 Å². The first-order valence-electron chi connectivity index (χ1n) is 10.4. The predicted molar refractivity (Wildman–Crippen MR) is 123 cm³/mol. The number of carbonyl (C=O) groups excluding carboxylic acids is 1. The standard InChI is InChI=1S/C23H27N5O4/c1-2-5-19-7-4-8-20(23(19)30)15-24-25-22(29)17-27-12-10-26(11-13-27)16-18-6-3-9-21(14-18)28(31)32/h2-4,6-9,14-15,30H,1,5,10-13,16-17H2,(H,25,29)/b24-15+. The third-order valence-electron chi connectivity index (χ3n) is 5.27. The maximum Gasteiger partial charge on any atom is 0.269 e. The molecule has 1 amide bonds. The number of phenolic OH excluding ortho intramolecular Hbond substituents is 1. The normalized spacial score (nSPS) is 15.0. The molecule has 1 heterocycles. The van der Waals surface area contributed by atoms with Crippen LogP contribution in [0, 0.1) is 10.1 Å². The topological polar surface area (TPSA) is 111 Å². The maximum atomic E-state index is 12.2. The van der Waals surface area contributed by atoms with Gasteiger partial charge in [0.15, 0.2) is 0 Å². The number of carbonyl (C=O) groups is 1. The molecule has 1 aliphatic heterocycles. The molecule has 2 aromatic rings. The Bertz CT molecular complexity index is 1000.